The second-order valence-electron chi connectivity index (χ2n) is 37.6. The summed E-state index contributed by atoms with van der Waals surface area (Å²) in [7, 11) is 6.11. The number of aliphatic hydroxyl groups excluding tert-OH is 6. The van der Waals surface area contributed by atoms with Crippen LogP contribution in [0.3, 0.4) is 0 Å². The van der Waals surface area contributed by atoms with E-state index in [0.717, 1.165) is 5.33 Å². The third-order valence-corrected chi connectivity index (χ3v) is 38.4. The van der Waals surface area contributed by atoms with Crippen molar-refractivity contribution in [3.63, 3.8) is 0 Å². The molecule has 0 amide bonds. The van der Waals surface area contributed by atoms with E-state index in [9.17, 15) is 25.5 Å². The smallest absolute Gasteiger partial charge is 0.192 e. The summed E-state index contributed by atoms with van der Waals surface area (Å²) in [5.41, 5.74) is 17.4. The van der Waals surface area contributed by atoms with E-state index in [1.54, 1.807) is 87.5 Å². The van der Waals surface area contributed by atoms with Gasteiger partial charge in [0, 0.05) is 79.7 Å². The number of nitrogen functional groups attached to an aromatic ring is 2. The van der Waals surface area contributed by atoms with E-state index >= 15 is 0 Å². The van der Waals surface area contributed by atoms with E-state index < -0.39 is 67.0 Å². The van der Waals surface area contributed by atoms with Gasteiger partial charge in [0.25, 0.3) is 0 Å². The zero-order chi connectivity index (χ0) is 98.5. The number of allylic oxidation sites excluding steroid dienone is 1. The van der Waals surface area contributed by atoms with Crippen LogP contribution in [0.1, 0.15) is 126 Å². The van der Waals surface area contributed by atoms with Gasteiger partial charge in [-0.3, -0.25) is 22.8 Å². The summed E-state index contributed by atoms with van der Waals surface area (Å²) in [6, 6.07) is 0. The highest BCUT2D eigenvalue weighted by Gasteiger charge is 2.46. The number of alkyl halides is 1. The first kappa shape index (κ1) is 108. The average Bonchev–Trinajstić information content (AvgIpc) is 1.68. The zero-order valence-corrected chi connectivity index (χ0v) is 85.9. The Morgan fingerprint density at radius 1 is 0.418 bits per heavy atom. The monoisotopic (exact) mass is 2000 g/mol. The quantitative estimate of drug-likeness (QED) is 0.00592. The number of imidazole rings is 5. The molecule has 0 spiro atoms. The van der Waals surface area contributed by atoms with Crippen LogP contribution >= 0.6 is 27.0 Å². The average molecular weight is 2000 g/mol. The summed E-state index contributed by atoms with van der Waals surface area (Å²) in [6.45, 7) is 45.1. The molecule has 5 saturated heterocycles. The molecule has 10 aromatic heterocycles. The number of nitrogens with zero attached hydrogens (tertiary/aromatic N) is 26. The highest BCUT2D eigenvalue weighted by Crippen LogP contribution is 2.43. The number of hydrogen-bond acceptors (Lipinski definition) is 35. The minimum Gasteiger partial charge on any atom is -0.414 e. The van der Waals surface area contributed by atoms with E-state index in [-0.39, 0.29) is 79.1 Å². The van der Waals surface area contributed by atoms with Gasteiger partial charge in [-0.1, -0.05) is 110 Å². The van der Waals surface area contributed by atoms with E-state index in [0.29, 0.717) is 148 Å². The molecule has 10 N–H and O–H groups in total. The maximum absolute atomic E-state index is 10.5. The summed E-state index contributed by atoms with van der Waals surface area (Å²) in [6.07, 6.45) is 21.8. The van der Waals surface area contributed by atoms with Crippen molar-refractivity contribution in [3.05, 3.63) is 101 Å². The maximum atomic E-state index is 10.5. The SMILES string of the molecule is C=CCBr.C=CCOC1C[C@H](n2cnc3c(N)ncnc32)O[C@@H]1CO.C=CCOC1C[C@H](n2cnc3c(N=CN(C)C)ncnc32)O[C@@H]1CO[Si](C)(C)C(C)(C)C.CC(C)(C)[Si](C)(C)Cl.CN(C)C=Nc1ncnc2c1ncn2[C@H]1CC(O)[C@@H](CO)O1.CN(C)C=Nc1ncnc2c1ncn2[C@H]1CC(O)[C@@H](CO[Si](C)(C)C(C)(C)C)O1.Nc1ncnc2c1ncn2[C@H]1CC(O)[C@@H](CO)O1. The van der Waals surface area contributed by atoms with Crippen molar-refractivity contribution in [1.82, 2.24) is 112 Å². The lowest BCUT2D eigenvalue weighted by molar-refractivity contribution is -0.0561. The summed E-state index contributed by atoms with van der Waals surface area (Å²) in [4.78, 5) is 81.8. The Hall–Kier alpha value is -9.20. The third kappa shape index (κ3) is 28.1. The molecule has 0 bridgehead atoms. The van der Waals surface area contributed by atoms with Crippen LogP contribution in [0, 0.1) is 0 Å². The molecule has 134 heavy (non-hydrogen) atoms. The number of fused-ring (bicyclic) bond motifs is 5. The normalized spacial score (nSPS) is 23.3. The van der Waals surface area contributed by atoms with Gasteiger partial charge in [-0.2, -0.15) is 11.1 Å². The van der Waals surface area contributed by atoms with Crippen LogP contribution in [0.4, 0.5) is 29.1 Å². The lowest BCUT2D eigenvalue weighted by Gasteiger charge is -2.37. The fourth-order valence-electron chi connectivity index (χ4n) is 13.0. The van der Waals surface area contributed by atoms with Crippen LogP contribution in [0.25, 0.3) is 55.8 Å². The number of aliphatic imine (C=N–C) groups is 3. The first-order chi connectivity index (χ1) is 63.2. The first-order valence-corrected chi connectivity index (χ1v) is 54.9. The Balaban J connectivity index is 0.000000184. The molecule has 736 valence electrons. The molecular weight excluding hydrogens is 1860 g/mol. The van der Waals surface area contributed by atoms with E-state index in [2.05, 4.69) is 227 Å². The fraction of sp³-hybridized carbons (Fsp3) is 0.605. The van der Waals surface area contributed by atoms with Gasteiger partial charge in [0.15, 0.2) is 97.9 Å². The lowest BCUT2D eigenvalue weighted by Crippen LogP contribution is -2.44. The molecule has 5 aliphatic heterocycles. The molecule has 15 heterocycles. The predicted molar refractivity (Wildman–Crippen MR) is 526 cm³/mol. The molecular formula is C86H136BrClN28O15Si3. The second-order valence-corrected chi connectivity index (χ2v) is 55.1. The van der Waals surface area contributed by atoms with Gasteiger partial charge in [-0.15, -0.1) is 19.7 Å². The van der Waals surface area contributed by atoms with Gasteiger partial charge in [0.1, 0.15) is 104 Å². The molecule has 5 aliphatic rings. The standard InChI is InChI=1S/C22H36N6O3Si.C19H32N6O3Si.C13H18N6O3.C13H17N5O3.C10H13N5O3.C6H15ClSi.C3H5Br/c1-9-10-29-16-11-18(31-17(16)12-30-32(7,8)22(2,3)4)28-15-25-19-20(26-14-27(5)6)23-13-24-21(19)28;1-19(2,3)29(6,7)27-9-14-13(26)8-15(28-14)25-12-22-16-17(23-11-24(4)5)20-10-21-18(16)25;1-18(2)6-17-12-11-13(15-5-14-12)19(7-16-11)10-3-8(21)9(4-20)22-10;1-2-3-20-8-4-10(21-9(8)5-19)18-7-17-11-12(14)15-6-16-13(11)18;11-9-8-10(13-3-12-9)15(4-14-8)7-1-5(17)6(2-16)18-7;1-6(2,3)8(4,5)7;1-2-3-4/h9,13-18H,1,10-12H2,2-8H3;10-15,26H,8-9H2,1-7H3;5-10,20-21H,3-4H2,1-2H3;2,6-10,19H,1,3-5H2,(H2,14,15,16);3-7,16-17H,1-2H2,(H2,11,12,13);1-5H3;2H,1,3H2/t16?,17-,18-;13?,14-,15-;2*8?,9-,10-;5?,6-,7-;;/m11111../s1. The van der Waals surface area contributed by atoms with Crippen molar-refractivity contribution >= 4 is 155 Å². The minimum absolute atomic E-state index is 0.103. The topological polar surface area (TPSA) is 521 Å². The van der Waals surface area contributed by atoms with E-state index in [1.165, 1.54) is 31.6 Å². The lowest BCUT2D eigenvalue weighted by atomic mass is 10.2. The summed E-state index contributed by atoms with van der Waals surface area (Å²) < 4.78 is 62.9. The van der Waals surface area contributed by atoms with E-state index in [1.807, 2.05) is 61.2 Å². The van der Waals surface area contributed by atoms with Crippen molar-refractivity contribution in [2.24, 2.45) is 15.0 Å². The highest BCUT2D eigenvalue weighted by molar-refractivity contribution is 9.09. The van der Waals surface area contributed by atoms with Crippen LogP contribution in [0.2, 0.25) is 54.4 Å². The van der Waals surface area contributed by atoms with Gasteiger partial charge < -0.3 is 98.8 Å². The molecule has 15 atom stereocenters. The molecule has 0 radical (unpaired) electrons. The third-order valence-electron chi connectivity index (χ3n) is 23.7. The van der Waals surface area contributed by atoms with Crippen molar-refractivity contribution < 1.29 is 72.6 Å². The van der Waals surface area contributed by atoms with Gasteiger partial charge >= 0.3 is 0 Å². The van der Waals surface area contributed by atoms with E-state index in [4.69, 9.17) is 69.7 Å². The molecule has 15 rings (SSSR count). The van der Waals surface area contributed by atoms with Crippen LogP contribution in [-0.4, -0.2) is 341 Å². The number of halogens is 2. The van der Waals surface area contributed by atoms with Crippen LogP contribution in [-0.2, 0) is 42.0 Å². The summed E-state index contributed by atoms with van der Waals surface area (Å²) in [5.74, 6) is 2.12. The number of aromatic nitrogens is 20. The number of hydrogen-bond donors (Lipinski definition) is 8. The number of nitrogens with two attached hydrogens (primary N) is 2. The number of aliphatic hydroxyl groups is 6. The molecule has 43 nitrogen and oxygen atoms in total. The Labute approximate surface area is 797 Å². The van der Waals surface area contributed by atoms with Crippen LogP contribution in [0.5, 0.6) is 0 Å². The summed E-state index contributed by atoms with van der Waals surface area (Å²) in [5, 5.41) is 59.2. The predicted octanol–water partition coefficient (Wildman–Crippen LogP) is 10.4. The minimum atomic E-state index is -1.91. The Morgan fingerprint density at radius 2 is 0.679 bits per heavy atom. The van der Waals surface area contributed by atoms with Crippen molar-refractivity contribution in [2.45, 2.75) is 241 Å². The van der Waals surface area contributed by atoms with Crippen molar-refractivity contribution in [3.8, 4) is 0 Å². The van der Waals surface area contributed by atoms with Crippen LogP contribution in [0.15, 0.2) is 116 Å². The maximum Gasteiger partial charge on any atom is 0.192 e. The molecule has 48 heteroatoms. The fourth-order valence-corrected chi connectivity index (χ4v) is 15.1. The van der Waals surface area contributed by atoms with Gasteiger partial charge in [-0.25, -0.2) is 89.7 Å². The largest absolute Gasteiger partial charge is 0.414 e. The molecule has 5 unspecified atom stereocenters. The van der Waals surface area contributed by atoms with Crippen LogP contribution < -0.4 is 11.5 Å². The second kappa shape index (κ2) is 48.2. The molecule has 0 saturated carbocycles. The Morgan fingerprint density at radius 3 is 0.963 bits per heavy atom. The highest BCUT2D eigenvalue weighted by atomic mass is 79.9. The number of ether oxygens (including phenoxy) is 7. The van der Waals surface area contributed by atoms with Gasteiger partial charge in [0.2, 0.25) is 0 Å². The molecule has 5 fully saturated rings. The van der Waals surface area contributed by atoms with Gasteiger partial charge in [0.05, 0.1) is 127 Å². The molecule has 0 aliphatic carbocycles. The molecule has 0 aromatic carbocycles. The van der Waals surface area contributed by atoms with Crippen molar-refractivity contribution in [2.75, 3.05) is 105 Å². The van der Waals surface area contributed by atoms with Gasteiger partial charge in [-0.05, 0) is 41.3 Å². The number of rotatable bonds is 27. The Bertz CT molecular complexity index is 5490. The Kier molecular flexibility index (Phi) is 39.0. The number of anilines is 2. The van der Waals surface area contributed by atoms with Crippen molar-refractivity contribution in [1.29, 1.82) is 0 Å². The zero-order valence-electron chi connectivity index (χ0n) is 80.6. The summed E-state index contributed by atoms with van der Waals surface area (Å²) >= 11 is 9.28. The molecule has 10 aromatic rings. The first-order valence-electron chi connectivity index (χ1n) is 44.0.